The third-order valence-electron chi connectivity index (χ3n) is 6.49. The van der Waals surface area contributed by atoms with Gasteiger partial charge in [0.15, 0.2) is 0 Å². The quantitative estimate of drug-likeness (QED) is 0.268. The van der Waals surface area contributed by atoms with Crippen molar-refractivity contribution in [3.8, 4) is 23.6 Å². The van der Waals surface area contributed by atoms with Crippen molar-refractivity contribution in [2.45, 2.75) is 33.2 Å². The van der Waals surface area contributed by atoms with E-state index in [-0.39, 0.29) is 0 Å². The third-order valence-corrected chi connectivity index (χ3v) is 6.49. The summed E-state index contributed by atoms with van der Waals surface area (Å²) in [6.45, 7) is 5.16. The van der Waals surface area contributed by atoms with E-state index in [1.807, 2.05) is 55.1 Å². The first-order valence-electron chi connectivity index (χ1n) is 12.1. The number of terminal acetylenes is 1. The summed E-state index contributed by atoms with van der Waals surface area (Å²) in [4.78, 5) is 13.7. The van der Waals surface area contributed by atoms with Gasteiger partial charge in [-0.05, 0) is 65.4 Å². The lowest BCUT2D eigenvalue weighted by molar-refractivity contribution is 0.801. The smallest absolute Gasteiger partial charge is 0.132 e. The number of rotatable bonds is 7. The average molecular weight is 469 g/mol. The fourth-order valence-corrected chi connectivity index (χ4v) is 4.65. The van der Waals surface area contributed by atoms with Gasteiger partial charge < -0.3 is 4.57 Å². The maximum atomic E-state index is 5.46. The van der Waals surface area contributed by atoms with E-state index in [1.165, 1.54) is 27.8 Å². The molecule has 0 N–H and O–H groups in total. The second-order valence-corrected chi connectivity index (χ2v) is 9.14. The van der Waals surface area contributed by atoms with E-state index in [4.69, 9.17) is 11.4 Å². The van der Waals surface area contributed by atoms with Crippen LogP contribution in [0.15, 0.2) is 91.5 Å². The molecule has 0 saturated carbocycles. The monoisotopic (exact) mass is 468 g/mol. The first-order chi connectivity index (χ1) is 17.6. The summed E-state index contributed by atoms with van der Waals surface area (Å²) in [5, 5.41) is 0. The highest BCUT2D eigenvalue weighted by molar-refractivity contribution is 5.58. The van der Waals surface area contributed by atoms with E-state index in [9.17, 15) is 0 Å². The van der Waals surface area contributed by atoms with Crippen molar-refractivity contribution in [3.05, 3.63) is 136 Å². The molecule has 0 aliphatic heterocycles. The molecule has 0 fully saturated rings. The van der Waals surface area contributed by atoms with E-state index in [2.05, 4.69) is 70.7 Å². The Morgan fingerprint density at radius 3 is 2.33 bits per heavy atom. The fourth-order valence-electron chi connectivity index (χ4n) is 4.65. The predicted molar refractivity (Wildman–Crippen MR) is 145 cm³/mol. The first kappa shape index (κ1) is 23.3. The highest BCUT2D eigenvalue weighted by atomic mass is 15.0. The molecule has 5 rings (SSSR count). The summed E-state index contributed by atoms with van der Waals surface area (Å²) < 4.78 is 2.20. The van der Waals surface area contributed by atoms with Gasteiger partial charge >= 0.3 is 0 Å². The second kappa shape index (κ2) is 10.4. The Hall–Kier alpha value is -4.49. The van der Waals surface area contributed by atoms with Gasteiger partial charge in [-0.2, -0.15) is 0 Å². The Kier molecular flexibility index (Phi) is 6.73. The standard InChI is InChI=1S/C32H28N4/c1-4-25-10-12-26(13-11-25)18-32-34-15-14-29(35-32)19-30-23(2)16-27(17-24(30)3)21-36-22-33-20-31(36)28-8-6-5-7-9-28/h1,5-17,20,22H,18-19,21H2,2-3H3. The van der Waals surface area contributed by atoms with E-state index >= 15 is 0 Å². The van der Waals surface area contributed by atoms with E-state index < -0.39 is 0 Å². The molecule has 0 bridgehead atoms. The molecule has 0 unspecified atom stereocenters. The SMILES string of the molecule is C#Cc1ccc(Cc2nccc(Cc3c(C)cc(Cn4cncc4-c4ccccc4)cc3C)n2)cc1. The Morgan fingerprint density at radius 1 is 0.861 bits per heavy atom. The Labute approximate surface area is 212 Å². The van der Waals surface area contributed by atoms with Gasteiger partial charge in [0.1, 0.15) is 5.82 Å². The zero-order chi connectivity index (χ0) is 24.9. The lowest BCUT2D eigenvalue weighted by Crippen LogP contribution is -2.05. The molecule has 4 nitrogen and oxygen atoms in total. The van der Waals surface area contributed by atoms with Gasteiger partial charge in [-0.25, -0.2) is 15.0 Å². The molecular formula is C32H28N4. The highest BCUT2D eigenvalue weighted by Crippen LogP contribution is 2.23. The minimum atomic E-state index is 0.685. The van der Waals surface area contributed by atoms with Crippen LogP contribution < -0.4 is 0 Å². The van der Waals surface area contributed by atoms with Crippen molar-refractivity contribution in [1.29, 1.82) is 0 Å². The van der Waals surface area contributed by atoms with Gasteiger partial charge in [0.05, 0.1) is 18.2 Å². The number of hydrogen-bond donors (Lipinski definition) is 0. The van der Waals surface area contributed by atoms with Crippen LogP contribution in [-0.2, 0) is 19.4 Å². The lowest BCUT2D eigenvalue weighted by atomic mass is 9.95. The van der Waals surface area contributed by atoms with Crippen molar-refractivity contribution in [2.75, 3.05) is 0 Å². The number of aryl methyl sites for hydroxylation is 2. The Morgan fingerprint density at radius 2 is 1.61 bits per heavy atom. The number of aromatic nitrogens is 4. The molecule has 2 aromatic heterocycles. The molecule has 176 valence electrons. The maximum Gasteiger partial charge on any atom is 0.132 e. The molecule has 5 aromatic rings. The van der Waals surface area contributed by atoms with Gasteiger partial charge in [0, 0.05) is 36.8 Å². The number of benzene rings is 3. The molecular weight excluding hydrogens is 440 g/mol. The summed E-state index contributed by atoms with van der Waals surface area (Å²) in [6, 6.07) is 25.0. The zero-order valence-electron chi connectivity index (χ0n) is 20.6. The van der Waals surface area contributed by atoms with Crippen molar-refractivity contribution < 1.29 is 0 Å². The molecule has 4 heteroatoms. The molecule has 0 amide bonds. The first-order valence-corrected chi connectivity index (χ1v) is 12.1. The molecule has 0 saturated heterocycles. The van der Waals surface area contributed by atoms with Crippen molar-refractivity contribution in [2.24, 2.45) is 0 Å². The van der Waals surface area contributed by atoms with Crippen molar-refractivity contribution in [1.82, 2.24) is 19.5 Å². The minimum Gasteiger partial charge on any atom is -0.326 e. The molecule has 0 aliphatic rings. The van der Waals surface area contributed by atoms with Gasteiger partial charge in [0.25, 0.3) is 0 Å². The van der Waals surface area contributed by atoms with Crippen LogP contribution in [-0.4, -0.2) is 19.5 Å². The number of imidazole rings is 1. The summed E-state index contributed by atoms with van der Waals surface area (Å²) in [5.41, 5.74) is 10.5. The van der Waals surface area contributed by atoms with Crippen LogP contribution in [0.25, 0.3) is 11.3 Å². The zero-order valence-corrected chi connectivity index (χ0v) is 20.6. The van der Waals surface area contributed by atoms with Crippen LogP contribution in [0.2, 0.25) is 0 Å². The molecule has 0 aliphatic carbocycles. The van der Waals surface area contributed by atoms with Crippen LogP contribution >= 0.6 is 0 Å². The van der Waals surface area contributed by atoms with Crippen LogP contribution in [0.3, 0.4) is 0 Å². The summed E-state index contributed by atoms with van der Waals surface area (Å²) in [7, 11) is 0. The fraction of sp³-hybridized carbons (Fsp3) is 0.156. The van der Waals surface area contributed by atoms with Gasteiger partial charge in [-0.15, -0.1) is 6.42 Å². The Balaban J connectivity index is 1.33. The summed E-state index contributed by atoms with van der Waals surface area (Å²) in [6.07, 6.45) is 12.6. The van der Waals surface area contributed by atoms with E-state index in [1.54, 1.807) is 0 Å². The van der Waals surface area contributed by atoms with Crippen molar-refractivity contribution in [3.63, 3.8) is 0 Å². The molecule has 0 spiro atoms. The van der Waals surface area contributed by atoms with Crippen LogP contribution in [0.5, 0.6) is 0 Å². The van der Waals surface area contributed by atoms with Gasteiger partial charge in [0.2, 0.25) is 0 Å². The molecule has 2 heterocycles. The minimum absolute atomic E-state index is 0.685. The van der Waals surface area contributed by atoms with E-state index in [0.29, 0.717) is 6.42 Å². The largest absolute Gasteiger partial charge is 0.326 e. The normalized spacial score (nSPS) is 10.8. The highest BCUT2D eigenvalue weighted by Gasteiger charge is 2.11. The average Bonchev–Trinajstić information content (AvgIpc) is 3.35. The second-order valence-electron chi connectivity index (χ2n) is 9.14. The molecule has 36 heavy (non-hydrogen) atoms. The number of hydrogen-bond acceptors (Lipinski definition) is 3. The van der Waals surface area contributed by atoms with Crippen LogP contribution in [0.4, 0.5) is 0 Å². The van der Waals surface area contributed by atoms with Gasteiger partial charge in [-0.3, -0.25) is 0 Å². The Bertz CT molecular complexity index is 1500. The molecule has 0 atom stereocenters. The van der Waals surface area contributed by atoms with Crippen molar-refractivity contribution >= 4 is 0 Å². The van der Waals surface area contributed by atoms with Gasteiger partial charge in [-0.1, -0.05) is 60.5 Å². The third kappa shape index (κ3) is 5.26. The predicted octanol–water partition coefficient (Wildman–Crippen LogP) is 6.17. The summed E-state index contributed by atoms with van der Waals surface area (Å²) >= 11 is 0. The molecule has 3 aromatic carbocycles. The van der Waals surface area contributed by atoms with E-state index in [0.717, 1.165) is 41.3 Å². The maximum absolute atomic E-state index is 5.46. The molecule has 0 radical (unpaired) electrons. The number of nitrogens with zero attached hydrogens (tertiary/aromatic N) is 4. The lowest BCUT2D eigenvalue weighted by Gasteiger charge is -2.15. The van der Waals surface area contributed by atoms with Crippen LogP contribution in [0, 0.1) is 26.2 Å². The van der Waals surface area contributed by atoms with Crippen LogP contribution in [0.1, 0.15) is 44.9 Å². The summed E-state index contributed by atoms with van der Waals surface area (Å²) in [5.74, 6) is 3.48. The topological polar surface area (TPSA) is 43.6 Å².